The number of pyridine rings is 1. The zero-order chi connectivity index (χ0) is 19.8. The van der Waals surface area contributed by atoms with Crippen LogP contribution in [0.3, 0.4) is 0 Å². The van der Waals surface area contributed by atoms with Crippen LogP contribution in [0.5, 0.6) is 0 Å². The maximum absolute atomic E-state index is 12.6. The van der Waals surface area contributed by atoms with Crippen molar-refractivity contribution in [1.29, 1.82) is 0 Å². The highest BCUT2D eigenvalue weighted by Crippen LogP contribution is 2.18. The first kappa shape index (κ1) is 20.1. The minimum Gasteiger partial charge on any atom is -0.379 e. The maximum atomic E-state index is 12.6. The zero-order valence-electron chi connectivity index (χ0n) is 15.3. The van der Waals surface area contributed by atoms with Gasteiger partial charge in [-0.25, -0.2) is 13.8 Å². The Morgan fingerprint density at radius 2 is 1.82 bits per heavy atom. The van der Waals surface area contributed by atoms with E-state index >= 15 is 0 Å². The Labute approximate surface area is 164 Å². The third-order valence-corrected chi connectivity index (χ3v) is 6.19. The third kappa shape index (κ3) is 5.44. The summed E-state index contributed by atoms with van der Waals surface area (Å²) in [6, 6.07) is 10.2. The molecule has 1 aliphatic heterocycles. The SMILES string of the molecule is O=C(CCc1ccc(S(=O)(=O)N2CCOCC2)cc1)N/N=C/c1ccncc1. The second-order valence-corrected chi connectivity index (χ2v) is 8.17. The van der Waals surface area contributed by atoms with Crippen molar-refractivity contribution in [2.24, 2.45) is 5.10 Å². The van der Waals surface area contributed by atoms with Gasteiger partial charge < -0.3 is 4.74 Å². The minimum absolute atomic E-state index is 0.213. The fraction of sp³-hybridized carbons (Fsp3) is 0.316. The number of hydrazone groups is 1. The molecule has 1 saturated heterocycles. The molecule has 8 nitrogen and oxygen atoms in total. The quantitative estimate of drug-likeness (QED) is 0.554. The molecule has 0 bridgehead atoms. The Hall–Kier alpha value is -2.62. The van der Waals surface area contributed by atoms with Crippen molar-refractivity contribution in [2.75, 3.05) is 26.3 Å². The van der Waals surface area contributed by atoms with Crippen molar-refractivity contribution >= 4 is 22.1 Å². The van der Waals surface area contributed by atoms with Gasteiger partial charge in [0.15, 0.2) is 0 Å². The van der Waals surface area contributed by atoms with Crippen molar-refractivity contribution in [2.45, 2.75) is 17.7 Å². The smallest absolute Gasteiger partial charge is 0.243 e. The number of hydrogen-bond donors (Lipinski definition) is 1. The first-order valence-corrected chi connectivity index (χ1v) is 10.4. The highest BCUT2D eigenvalue weighted by atomic mass is 32.2. The van der Waals surface area contributed by atoms with E-state index in [0.29, 0.717) is 32.7 Å². The highest BCUT2D eigenvalue weighted by molar-refractivity contribution is 7.89. The van der Waals surface area contributed by atoms with Gasteiger partial charge in [0, 0.05) is 31.9 Å². The summed E-state index contributed by atoms with van der Waals surface area (Å²) in [6.07, 6.45) is 5.58. The summed E-state index contributed by atoms with van der Waals surface area (Å²) in [5.74, 6) is -0.213. The van der Waals surface area contributed by atoms with Crippen LogP contribution < -0.4 is 5.43 Å². The van der Waals surface area contributed by atoms with E-state index in [1.54, 1.807) is 55.0 Å². The maximum Gasteiger partial charge on any atom is 0.243 e. The van der Waals surface area contributed by atoms with Crippen LogP contribution in [0.25, 0.3) is 0 Å². The molecule has 3 rings (SSSR count). The highest BCUT2D eigenvalue weighted by Gasteiger charge is 2.26. The van der Waals surface area contributed by atoms with Crippen LogP contribution in [0.15, 0.2) is 58.8 Å². The first-order valence-electron chi connectivity index (χ1n) is 8.94. The van der Waals surface area contributed by atoms with Gasteiger partial charge in [-0.2, -0.15) is 9.41 Å². The summed E-state index contributed by atoms with van der Waals surface area (Å²) in [4.78, 5) is 16.0. The van der Waals surface area contributed by atoms with E-state index in [-0.39, 0.29) is 17.2 Å². The number of nitrogens with zero attached hydrogens (tertiary/aromatic N) is 3. The molecule has 0 radical (unpaired) electrons. The molecule has 1 aromatic carbocycles. The number of sulfonamides is 1. The van der Waals surface area contributed by atoms with Crippen LogP contribution in [0.1, 0.15) is 17.5 Å². The molecule has 1 N–H and O–H groups in total. The largest absolute Gasteiger partial charge is 0.379 e. The Bertz CT molecular complexity index is 909. The van der Waals surface area contributed by atoms with E-state index in [1.165, 1.54) is 4.31 Å². The lowest BCUT2D eigenvalue weighted by molar-refractivity contribution is -0.121. The lowest BCUT2D eigenvalue weighted by Gasteiger charge is -2.26. The molecule has 1 aliphatic rings. The van der Waals surface area contributed by atoms with E-state index in [4.69, 9.17) is 4.74 Å². The molecular weight excluding hydrogens is 380 g/mol. The topological polar surface area (TPSA) is 101 Å². The van der Waals surface area contributed by atoms with Gasteiger partial charge in [-0.15, -0.1) is 0 Å². The van der Waals surface area contributed by atoms with Crippen molar-refractivity contribution in [3.05, 3.63) is 59.9 Å². The number of carbonyl (C=O) groups is 1. The number of hydrogen-bond acceptors (Lipinski definition) is 6. The summed E-state index contributed by atoms with van der Waals surface area (Å²) in [7, 11) is -3.50. The molecular formula is C19H22N4O4S. The number of ether oxygens (including phenoxy) is 1. The predicted molar refractivity (Wildman–Crippen MR) is 104 cm³/mol. The number of aromatic nitrogens is 1. The van der Waals surface area contributed by atoms with Crippen LogP contribution in [-0.2, 0) is 26.0 Å². The normalized spacial score (nSPS) is 15.6. The molecule has 0 spiro atoms. The summed E-state index contributed by atoms with van der Waals surface area (Å²) >= 11 is 0. The van der Waals surface area contributed by atoms with Gasteiger partial charge in [0.2, 0.25) is 15.9 Å². The number of amides is 1. The monoisotopic (exact) mass is 402 g/mol. The number of aryl methyl sites for hydroxylation is 1. The lowest BCUT2D eigenvalue weighted by Crippen LogP contribution is -2.40. The Balaban J connectivity index is 1.50. The number of nitrogens with one attached hydrogen (secondary N) is 1. The molecule has 1 aromatic heterocycles. The molecule has 2 aromatic rings. The van der Waals surface area contributed by atoms with Crippen molar-refractivity contribution < 1.29 is 17.9 Å². The van der Waals surface area contributed by atoms with Crippen LogP contribution in [-0.4, -0.2) is 56.1 Å². The Morgan fingerprint density at radius 3 is 2.50 bits per heavy atom. The molecule has 0 saturated carbocycles. The van der Waals surface area contributed by atoms with Gasteiger partial charge in [-0.1, -0.05) is 12.1 Å². The average molecular weight is 402 g/mol. The summed E-state index contributed by atoms with van der Waals surface area (Å²) in [6.45, 7) is 1.56. The van der Waals surface area contributed by atoms with E-state index < -0.39 is 10.0 Å². The van der Waals surface area contributed by atoms with E-state index in [2.05, 4.69) is 15.5 Å². The summed E-state index contributed by atoms with van der Waals surface area (Å²) in [5.41, 5.74) is 4.20. The van der Waals surface area contributed by atoms with Gasteiger partial charge in [0.05, 0.1) is 24.3 Å². The molecule has 148 valence electrons. The lowest BCUT2D eigenvalue weighted by atomic mass is 10.1. The van der Waals surface area contributed by atoms with Crippen molar-refractivity contribution in [3.8, 4) is 0 Å². The molecule has 0 unspecified atom stereocenters. The number of benzene rings is 1. The zero-order valence-corrected chi connectivity index (χ0v) is 16.1. The van der Waals surface area contributed by atoms with Gasteiger partial charge in [0.1, 0.15) is 0 Å². The van der Waals surface area contributed by atoms with Gasteiger partial charge in [-0.05, 0) is 41.8 Å². The van der Waals surface area contributed by atoms with Gasteiger partial charge in [-0.3, -0.25) is 9.78 Å². The second-order valence-electron chi connectivity index (χ2n) is 6.23. The van der Waals surface area contributed by atoms with Crippen LogP contribution >= 0.6 is 0 Å². The molecule has 1 amide bonds. The minimum atomic E-state index is -3.50. The average Bonchev–Trinajstić information content (AvgIpc) is 2.74. The second kappa shape index (κ2) is 9.54. The van der Waals surface area contributed by atoms with Crippen LogP contribution in [0, 0.1) is 0 Å². The Kier molecular flexibility index (Phi) is 6.85. The fourth-order valence-corrected chi connectivity index (χ4v) is 4.11. The Morgan fingerprint density at radius 1 is 1.14 bits per heavy atom. The van der Waals surface area contributed by atoms with Crippen molar-refractivity contribution in [1.82, 2.24) is 14.7 Å². The van der Waals surface area contributed by atoms with Gasteiger partial charge in [0.25, 0.3) is 0 Å². The van der Waals surface area contributed by atoms with Crippen molar-refractivity contribution in [3.63, 3.8) is 0 Å². The van der Waals surface area contributed by atoms with Gasteiger partial charge >= 0.3 is 0 Å². The standard InChI is InChI=1S/C19H22N4O4S/c24-19(22-21-15-17-7-9-20-10-8-17)6-3-16-1-4-18(5-2-16)28(25,26)23-11-13-27-14-12-23/h1-2,4-5,7-10,15H,3,6,11-14H2,(H,22,24)/b21-15+. The summed E-state index contributed by atoms with van der Waals surface area (Å²) < 4.78 is 31.8. The molecule has 0 atom stereocenters. The van der Waals surface area contributed by atoms with E-state index in [1.807, 2.05) is 0 Å². The van der Waals surface area contributed by atoms with Crippen LogP contribution in [0.2, 0.25) is 0 Å². The van der Waals surface area contributed by atoms with E-state index in [0.717, 1.165) is 11.1 Å². The fourth-order valence-electron chi connectivity index (χ4n) is 2.71. The number of carbonyl (C=O) groups excluding carboxylic acids is 1. The molecule has 1 fully saturated rings. The molecule has 28 heavy (non-hydrogen) atoms. The molecule has 9 heteroatoms. The third-order valence-electron chi connectivity index (χ3n) is 4.28. The van der Waals surface area contributed by atoms with E-state index in [9.17, 15) is 13.2 Å². The predicted octanol–water partition coefficient (Wildman–Crippen LogP) is 1.19. The molecule has 0 aliphatic carbocycles. The summed E-state index contributed by atoms with van der Waals surface area (Å²) in [5, 5.41) is 3.90. The van der Waals surface area contributed by atoms with Crippen LogP contribution in [0.4, 0.5) is 0 Å². The number of rotatable bonds is 7. The first-order chi connectivity index (χ1) is 13.6. The number of morpholine rings is 1. The molecule has 2 heterocycles.